The van der Waals surface area contributed by atoms with Gasteiger partial charge < -0.3 is 22.1 Å². The number of hydrogen-bond acceptors (Lipinski definition) is 2. The highest BCUT2D eigenvalue weighted by Crippen LogP contribution is 1.97. The van der Waals surface area contributed by atoms with Crippen molar-refractivity contribution in [2.75, 3.05) is 6.61 Å². The van der Waals surface area contributed by atoms with Crippen LogP contribution in [0.25, 0.3) is 0 Å². The molecule has 10 heavy (non-hydrogen) atoms. The third kappa shape index (κ3) is 2.36. The van der Waals surface area contributed by atoms with Crippen LogP contribution in [0.3, 0.4) is 0 Å². The summed E-state index contributed by atoms with van der Waals surface area (Å²) < 4.78 is 2.03. The summed E-state index contributed by atoms with van der Waals surface area (Å²) in [6, 6.07) is 0. The molecule has 0 aliphatic rings. The molecule has 0 aliphatic heterocycles. The van der Waals surface area contributed by atoms with Crippen molar-refractivity contribution in [3.63, 3.8) is 0 Å². The van der Waals surface area contributed by atoms with E-state index in [2.05, 4.69) is 0 Å². The Hall–Kier alpha value is 0.0700. The van der Waals surface area contributed by atoms with Gasteiger partial charge in [0.25, 0.3) is 0 Å². The lowest BCUT2D eigenvalue weighted by Crippen LogP contribution is -3.00. The third-order valence-electron chi connectivity index (χ3n) is 1.22. The minimum Gasteiger partial charge on any atom is -1.00 e. The summed E-state index contributed by atoms with van der Waals surface area (Å²) in [6.07, 6.45) is 1.98. The van der Waals surface area contributed by atoms with E-state index in [0.29, 0.717) is 0 Å². The Bertz CT molecular complexity index is 190. The fraction of sp³-hybridized carbons (Fsp3) is 0.500. The van der Waals surface area contributed by atoms with E-state index in [9.17, 15) is 0 Å². The van der Waals surface area contributed by atoms with Crippen LogP contribution >= 0.6 is 11.3 Å². The minimum absolute atomic E-state index is 0. The molecule has 0 saturated heterocycles. The number of aliphatic hydroxyl groups is 1. The number of aliphatic hydroxyl groups excluding tert-OH is 1. The zero-order valence-electron chi connectivity index (χ0n) is 5.75. The highest BCUT2D eigenvalue weighted by Gasteiger charge is 2.03. The molecule has 0 fully saturated rings. The van der Waals surface area contributed by atoms with E-state index in [0.717, 1.165) is 6.54 Å². The average Bonchev–Trinajstić information content (AvgIpc) is 2.18. The second kappa shape index (κ2) is 4.82. The van der Waals surface area contributed by atoms with Crippen LogP contribution in [0, 0.1) is 6.92 Å². The van der Waals surface area contributed by atoms with Gasteiger partial charge in [0.05, 0.1) is 5.38 Å². The molecule has 1 N–H and O–H groups in total. The summed E-state index contributed by atoms with van der Waals surface area (Å²) in [6.45, 7) is 2.98. The van der Waals surface area contributed by atoms with Crippen LogP contribution in [-0.2, 0) is 6.54 Å². The van der Waals surface area contributed by atoms with Crippen molar-refractivity contribution in [3.8, 4) is 0 Å². The molecule has 0 bridgehead atoms. The fourth-order valence-electron chi connectivity index (χ4n) is 0.715. The van der Waals surface area contributed by atoms with E-state index in [1.54, 1.807) is 11.3 Å². The topological polar surface area (TPSA) is 24.1 Å². The van der Waals surface area contributed by atoms with Crippen molar-refractivity contribution in [1.29, 1.82) is 0 Å². The molecule has 2 nitrogen and oxygen atoms in total. The van der Waals surface area contributed by atoms with Crippen LogP contribution in [0.5, 0.6) is 0 Å². The number of hydrogen-bond donors (Lipinski definition) is 1. The van der Waals surface area contributed by atoms with Crippen molar-refractivity contribution >= 4 is 11.3 Å². The second-order valence-electron chi connectivity index (χ2n) is 1.84. The zero-order chi connectivity index (χ0) is 6.69. The molecule has 0 atom stereocenters. The van der Waals surface area contributed by atoms with E-state index < -0.39 is 0 Å². The van der Waals surface area contributed by atoms with Gasteiger partial charge in [0.15, 0.2) is 12.7 Å². The summed E-state index contributed by atoms with van der Waals surface area (Å²) in [5.74, 6) is 0. The van der Waals surface area contributed by atoms with Crippen molar-refractivity contribution < 1.29 is 26.7 Å². The summed E-state index contributed by atoms with van der Waals surface area (Å²) in [7, 11) is 0. The molecule has 1 aromatic rings. The third-order valence-corrected chi connectivity index (χ3v) is 2.06. The van der Waals surface area contributed by atoms with Crippen molar-refractivity contribution in [3.05, 3.63) is 16.6 Å². The van der Waals surface area contributed by atoms with Gasteiger partial charge in [0, 0.05) is 6.92 Å². The largest absolute Gasteiger partial charge is 1.00 e. The van der Waals surface area contributed by atoms with Gasteiger partial charge in [-0.15, -0.1) is 0 Å². The lowest BCUT2D eigenvalue weighted by Gasteiger charge is -1.87. The van der Waals surface area contributed by atoms with E-state index in [-0.39, 0.29) is 23.6 Å². The average molecular weight is 224 g/mol. The molecule has 4 heteroatoms. The van der Waals surface area contributed by atoms with Crippen LogP contribution in [0.1, 0.15) is 5.01 Å². The summed E-state index contributed by atoms with van der Waals surface area (Å²) in [4.78, 5) is 0. The lowest BCUT2D eigenvalue weighted by atomic mass is 10.6. The lowest BCUT2D eigenvalue weighted by molar-refractivity contribution is -0.699. The monoisotopic (exact) mass is 223 g/mol. The molecular formula is C6H10BrNOS. The van der Waals surface area contributed by atoms with E-state index in [1.807, 2.05) is 23.1 Å². The van der Waals surface area contributed by atoms with Crippen molar-refractivity contribution in [2.45, 2.75) is 13.5 Å². The van der Waals surface area contributed by atoms with Gasteiger partial charge in [-0.1, -0.05) is 11.3 Å². The Labute approximate surface area is 74.9 Å². The van der Waals surface area contributed by atoms with Gasteiger partial charge in [0.2, 0.25) is 5.01 Å². The Morgan fingerprint density at radius 2 is 2.40 bits per heavy atom. The number of nitrogens with zero attached hydrogens (tertiary/aromatic N) is 1. The normalized spacial score (nSPS) is 9.00. The maximum Gasteiger partial charge on any atom is 0.234 e. The van der Waals surface area contributed by atoms with Gasteiger partial charge in [0.1, 0.15) is 6.61 Å². The molecule has 58 valence electrons. The Balaban J connectivity index is 0.000000810. The number of rotatable bonds is 2. The van der Waals surface area contributed by atoms with Crippen molar-refractivity contribution in [2.24, 2.45) is 0 Å². The Morgan fingerprint density at radius 3 is 2.80 bits per heavy atom. The van der Waals surface area contributed by atoms with Crippen LogP contribution in [0.2, 0.25) is 0 Å². The summed E-state index contributed by atoms with van der Waals surface area (Å²) >= 11 is 1.70. The molecule has 0 aromatic carbocycles. The van der Waals surface area contributed by atoms with E-state index in [1.165, 1.54) is 5.01 Å². The molecular weight excluding hydrogens is 214 g/mol. The van der Waals surface area contributed by atoms with Gasteiger partial charge in [-0.05, 0) is 0 Å². The highest BCUT2D eigenvalue weighted by atomic mass is 79.9. The molecule has 0 spiro atoms. The summed E-state index contributed by atoms with van der Waals surface area (Å²) in [5, 5.41) is 11.8. The maximum atomic E-state index is 8.55. The smallest absolute Gasteiger partial charge is 0.234 e. The molecule has 1 heterocycles. The quantitative estimate of drug-likeness (QED) is 0.545. The van der Waals surface area contributed by atoms with Crippen LogP contribution in [-0.4, -0.2) is 11.7 Å². The predicted molar refractivity (Wildman–Crippen MR) is 36.3 cm³/mol. The number of thiazole rings is 1. The van der Waals surface area contributed by atoms with Gasteiger partial charge in [-0.25, -0.2) is 0 Å². The number of halogens is 1. The summed E-state index contributed by atoms with van der Waals surface area (Å²) in [5.41, 5.74) is 0. The van der Waals surface area contributed by atoms with Gasteiger partial charge in [-0.2, -0.15) is 4.57 Å². The van der Waals surface area contributed by atoms with Gasteiger partial charge in [-0.3, -0.25) is 0 Å². The molecule has 0 radical (unpaired) electrons. The number of aryl methyl sites for hydroxylation is 1. The molecule has 0 aliphatic carbocycles. The van der Waals surface area contributed by atoms with E-state index >= 15 is 0 Å². The predicted octanol–water partition coefficient (Wildman–Crippen LogP) is -2.66. The van der Waals surface area contributed by atoms with Crippen molar-refractivity contribution in [1.82, 2.24) is 0 Å². The Kier molecular flexibility index (Phi) is 4.85. The van der Waals surface area contributed by atoms with E-state index in [4.69, 9.17) is 5.11 Å². The minimum atomic E-state index is 0. The SMILES string of the molecule is Cc1scc[n+]1CCO.[Br-]. The zero-order valence-corrected chi connectivity index (χ0v) is 8.15. The molecule has 0 amide bonds. The van der Waals surface area contributed by atoms with Gasteiger partial charge >= 0.3 is 0 Å². The fourth-order valence-corrected chi connectivity index (χ4v) is 1.41. The molecule has 0 unspecified atom stereocenters. The molecule has 1 aromatic heterocycles. The highest BCUT2D eigenvalue weighted by molar-refractivity contribution is 7.09. The van der Waals surface area contributed by atoms with Crippen LogP contribution in [0.4, 0.5) is 0 Å². The number of aromatic nitrogens is 1. The standard InChI is InChI=1S/C6H10NOS.BrH/c1-6-7(2-4-8)3-5-9-6;/h3,5,8H,2,4H2,1H3;1H/q+1;/p-1. The second-order valence-corrected chi connectivity index (χ2v) is 2.94. The maximum absolute atomic E-state index is 8.55. The first-order chi connectivity index (χ1) is 4.34. The molecule has 1 rings (SSSR count). The van der Waals surface area contributed by atoms with Crippen LogP contribution < -0.4 is 21.5 Å². The molecule has 0 saturated carbocycles. The first-order valence-corrected chi connectivity index (χ1v) is 3.77. The Morgan fingerprint density at radius 1 is 1.70 bits per heavy atom. The van der Waals surface area contributed by atoms with Crippen LogP contribution in [0.15, 0.2) is 11.6 Å². The first kappa shape index (κ1) is 10.1. The first-order valence-electron chi connectivity index (χ1n) is 2.89.